The highest BCUT2D eigenvalue weighted by Crippen LogP contribution is 2.32. The maximum atomic E-state index is 2.30. The molecule has 4 aromatic rings. The first-order chi connectivity index (χ1) is 15.6. The molecule has 4 aromatic carbocycles. The van der Waals surface area contributed by atoms with Gasteiger partial charge >= 0.3 is 0 Å². The van der Waals surface area contributed by atoms with Crippen LogP contribution in [0.2, 0.25) is 0 Å². The zero-order chi connectivity index (χ0) is 22.8. The van der Waals surface area contributed by atoms with Gasteiger partial charge in [0.2, 0.25) is 0 Å². The molecule has 0 heteroatoms. The van der Waals surface area contributed by atoms with Crippen molar-refractivity contribution in [1.82, 2.24) is 0 Å². The number of hydrogen-bond donors (Lipinski definition) is 0. The summed E-state index contributed by atoms with van der Waals surface area (Å²) in [6.45, 7) is 9.19. The third-order valence-electron chi connectivity index (χ3n) is 6.80. The quantitative estimate of drug-likeness (QED) is 0.291. The van der Waals surface area contributed by atoms with Crippen molar-refractivity contribution >= 4 is 0 Å². The van der Waals surface area contributed by atoms with Gasteiger partial charge in [0.05, 0.1) is 0 Å². The minimum atomic E-state index is 0.559. The van der Waals surface area contributed by atoms with Crippen molar-refractivity contribution in [2.75, 3.05) is 0 Å². The number of hydrogen-bond acceptors (Lipinski definition) is 0. The maximum absolute atomic E-state index is 2.30. The van der Waals surface area contributed by atoms with E-state index in [0.29, 0.717) is 23.7 Å². The van der Waals surface area contributed by atoms with Crippen LogP contribution in [0.3, 0.4) is 0 Å². The fourth-order valence-corrected chi connectivity index (χ4v) is 4.18. The number of rotatable bonds is 6. The molecule has 0 radical (unpaired) electrons. The van der Waals surface area contributed by atoms with Crippen LogP contribution in [0.15, 0.2) is 121 Å². The summed E-state index contributed by atoms with van der Waals surface area (Å²) in [5, 5.41) is 0. The Balaban J connectivity index is 0.000000181. The minimum Gasteiger partial charge on any atom is -0.0622 e. The molecule has 0 bridgehead atoms. The summed E-state index contributed by atoms with van der Waals surface area (Å²) in [6, 6.07) is 42.9. The minimum absolute atomic E-state index is 0.559. The molecule has 0 aromatic heterocycles. The van der Waals surface area contributed by atoms with Gasteiger partial charge in [-0.1, -0.05) is 149 Å². The van der Waals surface area contributed by atoms with Crippen molar-refractivity contribution in [3.63, 3.8) is 0 Å². The van der Waals surface area contributed by atoms with E-state index < -0.39 is 0 Å². The Morgan fingerprint density at radius 1 is 0.281 bits per heavy atom. The van der Waals surface area contributed by atoms with E-state index >= 15 is 0 Å². The first-order valence-electron chi connectivity index (χ1n) is 11.8. The van der Waals surface area contributed by atoms with Gasteiger partial charge in [-0.15, -0.1) is 0 Å². The van der Waals surface area contributed by atoms with E-state index in [2.05, 4.69) is 149 Å². The second-order valence-corrected chi connectivity index (χ2v) is 8.80. The van der Waals surface area contributed by atoms with E-state index in [9.17, 15) is 0 Å². The summed E-state index contributed by atoms with van der Waals surface area (Å²) in [6.07, 6.45) is 0. The van der Waals surface area contributed by atoms with Gasteiger partial charge in [-0.3, -0.25) is 0 Å². The van der Waals surface area contributed by atoms with Crippen molar-refractivity contribution in [2.24, 2.45) is 0 Å². The summed E-state index contributed by atoms with van der Waals surface area (Å²) in [5.74, 6) is 2.24. The smallest absolute Gasteiger partial charge is 0.0124 e. The lowest BCUT2D eigenvalue weighted by Gasteiger charge is -2.20. The summed E-state index contributed by atoms with van der Waals surface area (Å²) < 4.78 is 0. The Labute approximate surface area is 195 Å². The number of benzene rings is 4. The standard InChI is InChI=1S/2C16H18/c2*1-13(15-9-5-3-6-10-15)14(2)16-11-7-4-8-12-16/h2*3-14H,1-2H3. The zero-order valence-electron chi connectivity index (χ0n) is 19.9. The second-order valence-electron chi connectivity index (χ2n) is 8.80. The van der Waals surface area contributed by atoms with Crippen molar-refractivity contribution in [1.29, 1.82) is 0 Å². The lowest BCUT2D eigenvalue weighted by Crippen LogP contribution is -2.04. The van der Waals surface area contributed by atoms with Crippen LogP contribution in [-0.4, -0.2) is 0 Å². The third-order valence-corrected chi connectivity index (χ3v) is 6.80. The molecule has 0 amide bonds. The maximum Gasteiger partial charge on any atom is -0.0124 e. The average Bonchev–Trinajstić information content (AvgIpc) is 2.89. The molecule has 164 valence electrons. The van der Waals surface area contributed by atoms with E-state index in [4.69, 9.17) is 0 Å². The van der Waals surface area contributed by atoms with E-state index in [-0.39, 0.29) is 0 Å². The molecule has 32 heavy (non-hydrogen) atoms. The summed E-state index contributed by atoms with van der Waals surface area (Å²) >= 11 is 0. The van der Waals surface area contributed by atoms with Gasteiger partial charge in [0.15, 0.2) is 0 Å². The predicted molar refractivity (Wildman–Crippen MR) is 139 cm³/mol. The molecule has 4 rings (SSSR count). The van der Waals surface area contributed by atoms with Crippen LogP contribution in [0, 0.1) is 0 Å². The highest BCUT2D eigenvalue weighted by molar-refractivity contribution is 5.28. The first kappa shape index (κ1) is 23.5. The SMILES string of the molecule is CC(c1ccccc1)C(C)c1ccccc1.CC(c1ccccc1)C(C)c1ccccc1. The van der Waals surface area contributed by atoms with Gasteiger partial charge in [-0.2, -0.15) is 0 Å². The van der Waals surface area contributed by atoms with Crippen LogP contribution in [0.1, 0.15) is 73.6 Å². The van der Waals surface area contributed by atoms with Crippen LogP contribution in [0.5, 0.6) is 0 Å². The monoisotopic (exact) mass is 420 g/mol. The lowest BCUT2D eigenvalue weighted by molar-refractivity contribution is 0.624. The van der Waals surface area contributed by atoms with Gasteiger partial charge in [0.25, 0.3) is 0 Å². The van der Waals surface area contributed by atoms with Gasteiger partial charge in [0, 0.05) is 0 Å². The Bertz CT molecular complexity index is 833. The molecule has 0 spiro atoms. The highest BCUT2D eigenvalue weighted by atomic mass is 14.2. The van der Waals surface area contributed by atoms with E-state index in [1.807, 2.05) is 0 Å². The molecule has 0 aliphatic heterocycles. The molecular formula is C32H36. The van der Waals surface area contributed by atoms with Crippen LogP contribution in [-0.2, 0) is 0 Å². The summed E-state index contributed by atoms with van der Waals surface area (Å²) in [7, 11) is 0. The summed E-state index contributed by atoms with van der Waals surface area (Å²) in [5.41, 5.74) is 5.66. The molecule has 0 nitrogen and oxygen atoms in total. The van der Waals surface area contributed by atoms with Gasteiger partial charge in [-0.25, -0.2) is 0 Å². The largest absolute Gasteiger partial charge is 0.0622 e. The fourth-order valence-electron chi connectivity index (χ4n) is 4.18. The second kappa shape index (κ2) is 12.1. The molecule has 0 heterocycles. The van der Waals surface area contributed by atoms with Crippen molar-refractivity contribution in [3.8, 4) is 0 Å². The van der Waals surface area contributed by atoms with Crippen molar-refractivity contribution in [3.05, 3.63) is 144 Å². The first-order valence-corrected chi connectivity index (χ1v) is 11.8. The fraction of sp³-hybridized carbons (Fsp3) is 0.250. The van der Waals surface area contributed by atoms with Crippen LogP contribution in [0.4, 0.5) is 0 Å². The Morgan fingerprint density at radius 2 is 0.438 bits per heavy atom. The van der Waals surface area contributed by atoms with Crippen LogP contribution >= 0.6 is 0 Å². The van der Waals surface area contributed by atoms with E-state index in [0.717, 1.165) is 0 Å². The molecule has 0 N–H and O–H groups in total. The Kier molecular flexibility index (Phi) is 8.87. The Hall–Kier alpha value is -3.12. The van der Waals surface area contributed by atoms with Crippen LogP contribution < -0.4 is 0 Å². The summed E-state index contributed by atoms with van der Waals surface area (Å²) in [4.78, 5) is 0. The van der Waals surface area contributed by atoms with E-state index in [1.165, 1.54) is 22.3 Å². The molecule has 0 aliphatic carbocycles. The zero-order valence-corrected chi connectivity index (χ0v) is 19.9. The average molecular weight is 421 g/mol. The van der Waals surface area contributed by atoms with Gasteiger partial charge in [0.1, 0.15) is 0 Å². The Morgan fingerprint density at radius 3 is 0.594 bits per heavy atom. The van der Waals surface area contributed by atoms with E-state index in [1.54, 1.807) is 0 Å². The molecular weight excluding hydrogens is 384 g/mol. The molecule has 4 unspecified atom stereocenters. The predicted octanol–water partition coefficient (Wildman–Crippen LogP) is 9.19. The third kappa shape index (κ3) is 6.44. The lowest BCUT2D eigenvalue weighted by atomic mass is 9.84. The highest BCUT2D eigenvalue weighted by Gasteiger charge is 2.16. The topological polar surface area (TPSA) is 0 Å². The molecule has 0 fully saturated rings. The normalized spacial score (nSPS) is 14.4. The molecule has 0 saturated carbocycles. The van der Waals surface area contributed by atoms with Crippen molar-refractivity contribution < 1.29 is 0 Å². The molecule has 0 saturated heterocycles. The molecule has 0 aliphatic rings. The van der Waals surface area contributed by atoms with Crippen molar-refractivity contribution in [2.45, 2.75) is 51.4 Å². The van der Waals surface area contributed by atoms with Gasteiger partial charge in [-0.05, 0) is 45.9 Å². The van der Waals surface area contributed by atoms with Gasteiger partial charge < -0.3 is 0 Å². The molecule has 4 atom stereocenters. The van der Waals surface area contributed by atoms with Crippen LogP contribution in [0.25, 0.3) is 0 Å².